The molecule has 2 N–H and O–H groups in total. The van der Waals surface area contributed by atoms with Crippen molar-refractivity contribution in [1.82, 2.24) is 0 Å². The second kappa shape index (κ2) is 6.65. The third-order valence-electron chi connectivity index (χ3n) is 3.80. The predicted octanol–water partition coefficient (Wildman–Crippen LogP) is 3.87. The van der Waals surface area contributed by atoms with Crippen LogP contribution in [0, 0.1) is 6.92 Å². The van der Waals surface area contributed by atoms with Crippen molar-refractivity contribution in [2.45, 2.75) is 33.1 Å². The van der Waals surface area contributed by atoms with Gasteiger partial charge in [0.25, 0.3) is 0 Å². The van der Waals surface area contributed by atoms with Crippen LogP contribution in [0.3, 0.4) is 0 Å². The fourth-order valence-corrected chi connectivity index (χ4v) is 2.23. The lowest BCUT2D eigenvalue weighted by Gasteiger charge is -2.24. The summed E-state index contributed by atoms with van der Waals surface area (Å²) in [6.07, 6.45) is 0. The number of carbonyl (C=O) groups is 2. The van der Waals surface area contributed by atoms with E-state index in [1.807, 2.05) is 45.0 Å². The number of aryl methyl sites for hydroxylation is 1. The average Bonchev–Trinajstić information content (AvgIpc) is 2.49. The number of rotatable bonds is 4. The summed E-state index contributed by atoms with van der Waals surface area (Å²) in [4.78, 5) is 23.6. The minimum absolute atomic E-state index is 0.0753. The Morgan fingerprint density at radius 2 is 1.30 bits per heavy atom. The summed E-state index contributed by atoms with van der Waals surface area (Å²) in [5, 5.41) is 5.62. The maximum absolute atomic E-state index is 12.6. The van der Waals surface area contributed by atoms with E-state index in [4.69, 9.17) is 0 Å². The smallest absolute Gasteiger partial charge is 0.234 e. The van der Waals surface area contributed by atoms with Crippen LogP contribution in [0.5, 0.6) is 0 Å². The van der Waals surface area contributed by atoms with Gasteiger partial charge in [-0.2, -0.15) is 0 Å². The van der Waals surface area contributed by atoms with E-state index in [-0.39, 0.29) is 11.8 Å². The highest BCUT2D eigenvalue weighted by atomic mass is 16.2. The highest BCUT2D eigenvalue weighted by Crippen LogP contribution is 2.26. The first-order valence-corrected chi connectivity index (χ1v) is 7.55. The van der Waals surface area contributed by atoms with Gasteiger partial charge in [0, 0.05) is 18.3 Å². The quantitative estimate of drug-likeness (QED) is 0.900. The summed E-state index contributed by atoms with van der Waals surface area (Å²) in [7, 11) is 0. The topological polar surface area (TPSA) is 58.2 Å². The summed E-state index contributed by atoms with van der Waals surface area (Å²) in [5.41, 5.74) is 2.90. The zero-order chi connectivity index (χ0) is 17.0. The lowest BCUT2D eigenvalue weighted by molar-refractivity contribution is -0.120. The fourth-order valence-electron chi connectivity index (χ4n) is 2.23. The largest absolute Gasteiger partial charge is 0.326 e. The van der Waals surface area contributed by atoms with Gasteiger partial charge in [-0.05, 0) is 50.6 Å². The summed E-state index contributed by atoms with van der Waals surface area (Å²) < 4.78 is 0. The van der Waals surface area contributed by atoms with Gasteiger partial charge in [0.2, 0.25) is 11.8 Å². The third-order valence-corrected chi connectivity index (χ3v) is 3.80. The third kappa shape index (κ3) is 4.19. The number of benzene rings is 2. The Hall–Kier alpha value is -2.62. The van der Waals surface area contributed by atoms with Gasteiger partial charge in [0.05, 0.1) is 5.41 Å². The number of hydrogen-bond acceptors (Lipinski definition) is 2. The normalized spacial score (nSPS) is 11.0. The minimum Gasteiger partial charge on any atom is -0.326 e. The van der Waals surface area contributed by atoms with E-state index in [1.165, 1.54) is 12.5 Å². The van der Waals surface area contributed by atoms with Gasteiger partial charge in [0.15, 0.2) is 0 Å². The molecule has 120 valence electrons. The molecule has 0 saturated heterocycles. The molecule has 0 aliphatic rings. The molecule has 0 bridgehead atoms. The zero-order valence-electron chi connectivity index (χ0n) is 13.9. The average molecular weight is 310 g/mol. The predicted molar refractivity (Wildman–Crippen MR) is 93.6 cm³/mol. The Balaban J connectivity index is 2.11. The number of nitrogens with one attached hydrogen (secondary N) is 2. The van der Waals surface area contributed by atoms with E-state index in [0.29, 0.717) is 11.4 Å². The van der Waals surface area contributed by atoms with E-state index < -0.39 is 5.41 Å². The molecule has 0 aromatic heterocycles. The van der Waals surface area contributed by atoms with E-state index in [2.05, 4.69) is 10.6 Å². The van der Waals surface area contributed by atoms with Crippen LogP contribution in [0.4, 0.5) is 11.4 Å². The van der Waals surface area contributed by atoms with Crippen LogP contribution in [0.25, 0.3) is 0 Å². The summed E-state index contributed by atoms with van der Waals surface area (Å²) in [6.45, 7) is 7.28. The van der Waals surface area contributed by atoms with E-state index in [9.17, 15) is 9.59 Å². The van der Waals surface area contributed by atoms with Crippen molar-refractivity contribution in [3.05, 3.63) is 59.7 Å². The number of hydrogen-bond donors (Lipinski definition) is 2. The molecule has 2 rings (SSSR count). The van der Waals surface area contributed by atoms with Crippen molar-refractivity contribution in [3.63, 3.8) is 0 Å². The summed E-state index contributed by atoms with van der Waals surface area (Å²) in [6, 6.07) is 15.0. The molecule has 0 saturated carbocycles. The molecule has 0 aliphatic carbocycles. The molecule has 0 radical (unpaired) electrons. The molecular formula is C19H22N2O2. The van der Waals surface area contributed by atoms with Crippen molar-refractivity contribution in [3.8, 4) is 0 Å². The van der Waals surface area contributed by atoms with Gasteiger partial charge in [-0.3, -0.25) is 9.59 Å². The molecule has 4 heteroatoms. The van der Waals surface area contributed by atoms with E-state index >= 15 is 0 Å². The maximum Gasteiger partial charge on any atom is 0.234 e. The van der Waals surface area contributed by atoms with Crippen LogP contribution >= 0.6 is 0 Å². The lowest BCUT2D eigenvalue weighted by Crippen LogP contribution is -2.34. The maximum atomic E-state index is 12.6. The van der Waals surface area contributed by atoms with Crippen LogP contribution in [0.1, 0.15) is 31.9 Å². The highest BCUT2D eigenvalue weighted by Gasteiger charge is 2.29. The minimum atomic E-state index is -0.635. The standard InChI is InChI=1S/C19H22N2O2/c1-13-5-7-15(8-6-13)19(3,4)18(23)21-17-11-9-16(10-12-17)20-14(2)22/h5-12H,1-4H3,(H,20,22)(H,21,23). The SMILES string of the molecule is CC(=O)Nc1ccc(NC(=O)C(C)(C)c2ccc(C)cc2)cc1. The Morgan fingerprint density at radius 1 is 0.826 bits per heavy atom. The Kier molecular flexibility index (Phi) is 4.84. The van der Waals surface area contributed by atoms with Crippen LogP contribution in [0.15, 0.2) is 48.5 Å². The summed E-state index contributed by atoms with van der Waals surface area (Å²) >= 11 is 0. The molecule has 0 fully saturated rings. The van der Waals surface area contributed by atoms with Gasteiger partial charge in [-0.15, -0.1) is 0 Å². The lowest BCUT2D eigenvalue weighted by atomic mass is 9.83. The highest BCUT2D eigenvalue weighted by molar-refractivity contribution is 5.98. The molecule has 0 atom stereocenters. The molecule has 0 spiro atoms. The Bertz CT molecular complexity index is 701. The molecule has 2 aromatic rings. The van der Waals surface area contributed by atoms with Crippen LogP contribution in [-0.2, 0) is 15.0 Å². The first-order chi connectivity index (χ1) is 10.8. The van der Waals surface area contributed by atoms with Crippen molar-refractivity contribution < 1.29 is 9.59 Å². The first kappa shape index (κ1) is 16.7. The van der Waals surface area contributed by atoms with Gasteiger partial charge < -0.3 is 10.6 Å². The number of carbonyl (C=O) groups excluding carboxylic acids is 2. The van der Waals surface area contributed by atoms with Crippen LogP contribution < -0.4 is 10.6 Å². The first-order valence-electron chi connectivity index (χ1n) is 7.55. The van der Waals surface area contributed by atoms with Crippen molar-refractivity contribution in [2.75, 3.05) is 10.6 Å². The zero-order valence-corrected chi connectivity index (χ0v) is 13.9. The molecule has 0 heterocycles. The van der Waals surface area contributed by atoms with Crippen LogP contribution in [0.2, 0.25) is 0 Å². The molecule has 0 unspecified atom stereocenters. The summed E-state index contributed by atoms with van der Waals surface area (Å²) in [5.74, 6) is -0.198. The Labute approximate surface area is 136 Å². The van der Waals surface area contributed by atoms with E-state index in [1.54, 1.807) is 24.3 Å². The molecule has 2 amide bonds. The second-order valence-electron chi connectivity index (χ2n) is 6.20. The molecule has 23 heavy (non-hydrogen) atoms. The Morgan fingerprint density at radius 3 is 1.78 bits per heavy atom. The number of amides is 2. The van der Waals surface area contributed by atoms with Gasteiger partial charge in [-0.1, -0.05) is 29.8 Å². The fraction of sp³-hybridized carbons (Fsp3) is 0.263. The monoisotopic (exact) mass is 310 g/mol. The van der Waals surface area contributed by atoms with Gasteiger partial charge >= 0.3 is 0 Å². The van der Waals surface area contributed by atoms with Crippen molar-refractivity contribution >= 4 is 23.2 Å². The van der Waals surface area contributed by atoms with E-state index in [0.717, 1.165) is 5.56 Å². The molecule has 4 nitrogen and oxygen atoms in total. The molecule has 0 aliphatic heterocycles. The van der Waals surface area contributed by atoms with Gasteiger partial charge in [0.1, 0.15) is 0 Å². The second-order valence-corrected chi connectivity index (χ2v) is 6.20. The number of anilines is 2. The van der Waals surface area contributed by atoms with Crippen molar-refractivity contribution in [2.24, 2.45) is 0 Å². The van der Waals surface area contributed by atoms with Gasteiger partial charge in [-0.25, -0.2) is 0 Å². The van der Waals surface area contributed by atoms with Crippen LogP contribution in [-0.4, -0.2) is 11.8 Å². The molecule has 2 aromatic carbocycles. The van der Waals surface area contributed by atoms with Crippen molar-refractivity contribution in [1.29, 1.82) is 0 Å². The molecular weight excluding hydrogens is 288 g/mol.